The topological polar surface area (TPSA) is 138 Å². The lowest BCUT2D eigenvalue weighted by atomic mass is 9.86. The van der Waals surface area contributed by atoms with Crippen molar-refractivity contribution in [1.29, 1.82) is 10.5 Å². The number of hydrogen-bond donors (Lipinski definition) is 2. The first-order chi connectivity index (χ1) is 20.2. The van der Waals surface area contributed by atoms with Crippen LogP contribution >= 0.6 is 0 Å². The van der Waals surface area contributed by atoms with E-state index >= 15 is 0 Å². The van der Waals surface area contributed by atoms with E-state index in [9.17, 15) is 20.0 Å². The number of carbonyl (C=O) groups is 1. The van der Waals surface area contributed by atoms with Gasteiger partial charge in [0.2, 0.25) is 0 Å². The quantitative estimate of drug-likeness (QED) is 0.460. The van der Waals surface area contributed by atoms with Crippen molar-refractivity contribution in [1.82, 2.24) is 14.7 Å². The van der Waals surface area contributed by atoms with Crippen LogP contribution in [0, 0.1) is 35.5 Å². The maximum atomic E-state index is 13.7. The third kappa shape index (κ3) is 4.46. The van der Waals surface area contributed by atoms with Gasteiger partial charge in [-0.3, -0.25) is 9.20 Å². The van der Waals surface area contributed by atoms with Gasteiger partial charge in [-0.15, -0.1) is 0 Å². The number of aromatic nitrogens is 2. The van der Waals surface area contributed by atoms with Crippen LogP contribution in [0.5, 0.6) is 0 Å². The molecule has 0 spiro atoms. The van der Waals surface area contributed by atoms with Gasteiger partial charge in [0, 0.05) is 36.2 Å². The van der Waals surface area contributed by atoms with Gasteiger partial charge in [0.25, 0.3) is 5.56 Å². The first-order valence-electron chi connectivity index (χ1n) is 14.1. The lowest BCUT2D eigenvalue weighted by Crippen LogP contribution is -2.69. The van der Waals surface area contributed by atoms with Crippen LogP contribution in [0.3, 0.4) is 0 Å². The molecule has 3 aliphatic heterocycles. The monoisotopic (exact) mass is 561 g/mol. The number of piperazine rings is 1. The zero-order chi connectivity index (χ0) is 29.7. The van der Waals surface area contributed by atoms with E-state index in [1.54, 1.807) is 12.3 Å². The van der Waals surface area contributed by atoms with Gasteiger partial charge in [-0.25, -0.2) is 9.78 Å². The Kier molecular flexibility index (Phi) is 6.70. The standard InChI is InChI=1S/C32H31N7O3/c1-18-11-25(20(3)35-27-6-4-5-19(2)28(27)32(41)42)29-36-30(26(14-34)31(40)38(29)15-18)39-23-12-24(39)17-37(16-23)22-9-7-21(13-33)8-10-22/h4,6-11,15,19-20,23-24,35H,5,12,16-17H2,1-3H3,(H,41,42)/t19?,20-,23?,24?/m1/s1. The molecule has 1 aliphatic carbocycles. The molecule has 0 saturated carbocycles. The fourth-order valence-electron chi connectivity index (χ4n) is 6.54. The van der Waals surface area contributed by atoms with Gasteiger partial charge in [-0.2, -0.15) is 10.5 Å². The van der Waals surface area contributed by atoms with Crippen molar-refractivity contribution in [2.75, 3.05) is 22.9 Å². The Morgan fingerprint density at radius 2 is 1.88 bits per heavy atom. The van der Waals surface area contributed by atoms with Crippen molar-refractivity contribution in [3.05, 3.63) is 92.6 Å². The van der Waals surface area contributed by atoms with Crippen molar-refractivity contribution in [2.45, 2.75) is 51.7 Å². The number of fused-ring (bicyclic) bond motifs is 3. The summed E-state index contributed by atoms with van der Waals surface area (Å²) >= 11 is 0. The van der Waals surface area contributed by atoms with Gasteiger partial charge in [0.1, 0.15) is 11.7 Å². The van der Waals surface area contributed by atoms with Crippen LogP contribution in [0.1, 0.15) is 55.0 Å². The van der Waals surface area contributed by atoms with E-state index in [1.165, 1.54) is 4.40 Å². The van der Waals surface area contributed by atoms with Crippen molar-refractivity contribution in [3.63, 3.8) is 0 Å². The molecule has 4 atom stereocenters. The Balaban J connectivity index is 1.37. The number of nitrogens with zero attached hydrogens (tertiary/aromatic N) is 6. The Hall–Kier alpha value is -5.09. The Labute approximate surface area is 243 Å². The normalized spacial score (nSPS) is 21.9. The molecule has 2 bridgehead atoms. The summed E-state index contributed by atoms with van der Waals surface area (Å²) in [6, 6.07) is 13.6. The lowest BCUT2D eigenvalue weighted by molar-refractivity contribution is -0.133. The van der Waals surface area contributed by atoms with Crippen LogP contribution in [-0.2, 0) is 4.79 Å². The van der Waals surface area contributed by atoms with E-state index in [0.717, 1.165) is 23.2 Å². The molecule has 3 fully saturated rings. The number of piperidine rings is 1. The molecular weight excluding hydrogens is 530 g/mol. The summed E-state index contributed by atoms with van der Waals surface area (Å²) in [5, 5.41) is 32.4. The zero-order valence-electron chi connectivity index (χ0n) is 23.7. The first-order valence-corrected chi connectivity index (χ1v) is 14.1. The molecule has 10 heteroatoms. The molecule has 1 aromatic carbocycles. The van der Waals surface area contributed by atoms with E-state index < -0.39 is 11.5 Å². The van der Waals surface area contributed by atoms with Gasteiger partial charge < -0.3 is 20.2 Å². The Bertz CT molecular complexity index is 1800. The van der Waals surface area contributed by atoms with Gasteiger partial charge in [0.15, 0.2) is 11.4 Å². The summed E-state index contributed by atoms with van der Waals surface area (Å²) in [4.78, 5) is 35.1. The second-order valence-electron chi connectivity index (χ2n) is 11.4. The van der Waals surface area contributed by atoms with Gasteiger partial charge in [0.05, 0.1) is 35.3 Å². The SMILES string of the molecule is Cc1cc([C@@H](C)NC2=C(C(=O)O)C(C)CC=C2)c2nc(N3C4CC3CN(c3ccc(C#N)cc3)C4)c(C#N)c(=O)n2c1. The first kappa shape index (κ1) is 27.1. The molecule has 10 nitrogen and oxygen atoms in total. The van der Waals surface area contributed by atoms with Crippen molar-refractivity contribution < 1.29 is 9.90 Å². The van der Waals surface area contributed by atoms with Crippen LogP contribution in [0.4, 0.5) is 11.5 Å². The lowest BCUT2D eigenvalue weighted by Gasteiger charge is -2.57. The van der Waals surface area contributed by atoms with Crippen molar-refractivity contribution in [2.24, 2.45) is 5.92 Å². The molecule has 7 rings (SSSR count). The van der Waals surface area contributed by atoms with E-state index in [0.29, 0.717) is 47.8 Å². The molecule has 2 N–H and O–H groups in total. The molecule has 212 valence electrons. The number of nitriles is 2. The molecule has 2 aromatic heterocycles. The predicted octanol–water partition coefficient (Wildman–Crippen LogP) is 3.80. The number of aliphatic carboxylic acids is 1. The van der Waals surface area contributed by atoms with Gasteiger partial charge >= 0.3 is 5.97 Å². The summed E-state index contributed by atoms with van der Waals surface area (Å²) in [6.07, 6.45) is 7.06. The number of rotatable bonds is 6. The molecule has 4 aliphatic rings. The molecule has 0 radical (unpaired) electrons. The second kappa shape index (κ2) is 10.4. The molecule has 42 heavy (non-hydrogen) atoms. The molecule has 3 aromatic rings. The van der Waals surface area contributed by atoms with Gasteiger partial charge in [-0.05, 0) is 74.6 Å². The maximum absolute atomic E-state index is 13.7. The molecular formula is C32H31N7O3. The predicted molar refractivity (Wildman–Crippen MR) is 158 cm³/mol. The minimum atomic E-state index is -0.953. The third-order valence-corrected chi connectivity index (χ3v) is 8.61. The minimum Gasteiger partial charge on any atom is -0.478 e. The average Bonchev–Trinajstić information content (AvgIpc) is 2.97. The van der Waals surface area contributed by atoms with Crippen LogP contribution in [0.2, 0.25) is 0 Å². The Morgan fingerprint density at radius 3 is 2.52 bits per heavy atom. The maximum Gasteiger partial charge on any atom is 0.333 e. The summed E-state index contributed by atoms with van der Waals surface area (Å²) in [5.41, 5.74) is 4.14. The van der Waals surface area contributed by atoms with E-state index in [2.05, 4.69) is 27.3 Å². The number of nitrogens with one attached hydrogen (secondary N) is 1. The number of aryl methyl sites for hydroxylation is 1. The summed E-state index contributed by atoms with van der Waals surface area (Å²) in [5.74, 6) is -0.681. The third-order valence-electron chi connectivity index (χ3n) is 8.61. The highest BCUT2D eigenvalue weighted by Gasteiger charge is 2.46. The highest BCUT2D eigenvalue weighted by atomic mass is 16.4. The fourth-order valence-corrected chi connectivity index (χ4v) is 6.54. The van der Waals surface area contributed by atoms with Crippen molar-refractivity contribution in [3.8, 4) is 12.1 Å². The minimum absolute atomic E-state index is 0.0195. The molecule has 0 amide bonds. The van der Waals surface area contributed by atoms with E-state index in [4.69, 9.17) is 10.2 Å². The summed E-state index contributed by atoms with van der Waals surface area (Å²) in [6.45, 7) is 7.12. The molecule has 5 heterocycles. The number of hydrogen-bond acceptors (Lipinski definition) is 8. The van der Waals surface area contributed by atoms with Crippen LogP contribution in [-0.4, -0.2) is 45.6 Å². The highest BCUT2D eigenvalue weighted by Crippen LogP contribution is 2.39. The summed E-state index contributed by atoms with van der Waals surface area (Å²) in [7, 11) is 0. The number of anilines is 2. The number of carboxylic acid groups (broad SMARTS) is 1. The number of pyridine rings is 1. The fraction of sp³-hybridized carbons (Fsp3) is 0.344. The molecule has 3 saturated heterocycles. The van der Waals surface area contributed by atoms with Crippen LogP contribution in [0.15, 0.2) is 64.7 Å². The van der Waals surface area contributed by atoms with Gasteiger partial charge in [-0.1, -0.05) is 13.0 Å². The average molecular weight is 562 g/mol. The summed E-state index contributed by atoms with van der Waals surface area (Å²) < 4.78 is 1.44. The number of carboxylic acids is 1. The van der Waals surface area contributed by atoms with E-state index in [-0.39, 0.29) is 29.6 Å². The van der Waals surface area contributed by atoms with E-state index in [1.807, 2.05) is 57.2 Å². The second-order valence-corrected chi connectivity index (χ2v) is 11.4. The largest absolute Gasteiger partial charge is 0.478 e. The number of allylic oxidation sites excluding steroid dienone is 2. The zero-order valence-corrected chi connectivity index (χ0v) is 23.7. The smallest absolute Gasteiger partial charge is 0.333 e. The number of benzene rings is 1. The highest BCUT2D eigenvalue weighted by molar-refractivity contribution is 5.89. The van der Waals surface area contributed by atoms with Crippen LogP contribution < -0.4 is 20.7 Å². The van der Waals surface area contributed by atoms with Crippen molar-refractivity contribution >= 4 is 23.1 Å². The Morgan fingerprint density at radius 1 is 1.17 bits per heavy atom. The molecule has 3 unspecified atom stereocenters. The van der Waals surface area contributed by atoms with Crippen LogP contribution in [0.25, 0.3) is 5.65 Å².